The van der Waals surface area contributed by atoms with Gasteiger partial charge in [0, 0.05) is 41.7 Å². The molecule has 1 aliphatic heterocycles. The molecule has 1 unspecified atom stereocenters. The normalized spacial score (nSPS) is 15.5. The molecule has 1 aliphatic rings. The molecule has 2 N–H and O–H groups in total. The average Bonchev–Trinajstić information content (AvgIpc) is 3.58. The third kappa shape index (κ3) is 4.83. The van der Waals surface area contributed by atoms with E-state index in [4.69, 9.17) is 11.3 Å². The number of ether oxygens (including phenoxy) is 1. The number of nitrogens with one attached hydrogen (secondary N) is 2. The molecular weight excluding hydrogens is 482 g/mol. The number of amides is 1. The minimum atomic E-state index is -0.436. The molecule has 3 aromatic carbocycles. The van der Waals surface area contributed by atoms with Crippen molar-refractivity contribution in [3.63, 3.8) is 0 Å². The maximum atomic E-state index is 13.6. The van der Waals surface area contributed by atoms with Crippen LogP contribution < -0.4 is 15.4 Å². The first kappa shape index (κ1) is 23.0. The molecule has 0 radical (unpaired) electrons. The lowest BCUT2D eigenvalue weighted by atomic mass is 10.1. The maximum absolute atomic E-state index is 13.6. The average molecular weight is 506 g/mol. The zero-order valence-corrected chi connectivity index (χ0v) is 20.7. The number of thiophene rings is 1. The zero-order valence-electron chi connectivity index (χ0n) is 19.8. The van der Waals surface area contributed by atoms with Crippen molar-refractivity contribution < 1.29 is 9.53 Å². The molecule has 37 heavy (non-hydrogen) atoms. The second-order valence-corrected chi connectivity index (χ2v) is 9.96. The first-order valence-corrected chi connectivity index (χ1v) is 12.8. The van der Waals surface area contributed by atoms with Crippen LogP contribution in [0.2, 0.25) is 0 Å². The first-order chi connectivity index (χ1) is 18.2. The molecule has 3 heterocycles. The van der Waals surface area contributed by atoms with Gasteiger partial charge in [-0.3, -0.25) is 10.1 Å². The molecule has 4 bridgehead atoms. The Kier molecular flexibility index (Phi) is 6.15. The number of fused-ring (bicyclic) bond motifs is 4. The summed E-state index contributed by atoms with van der Waals surface area (Å²) in [6.45, 7) is 8.64. The van der Waals surface area contributed by atoms with Crippen LogP contribution in [0.1, 0.15) is 16.1 Å². The van der Waals surface area contributed by atoms with E-state index in [9.17, 15) is 4.79 Å². The van der Waals surface area contributed by atoms with Crippen molar-refractivity contribution in [1.82, 2.24) is 14.9 Å². The van der Waals surface area contributed by atoms with Gasteiger partial charge in [0.25, 0.3) is 0 Å². The van der Waals surface area contributed by atoms with Gasteiger partial charge in [-0.1, -0.05) is 36.4 Å². The number of imidazole rings is 1. The Hall–Kier alpha value is -4.45. The van der Waals surface area contributed by atoms with E-state index in [2.05, 4.69) is 26.5 Å². The first-order valence-electron chi connectivity index (χ1n) is 11.9. The molecule has 7 nitrogen and oxygen atoms in total. The lowest BCUT2D eigenvalue weighted by molar-refractivity contribution is -0.118. The Balaban J connectivity index is 1.45. The topological polar surface area (TPSA) is 72.5 Å². The number of rotatable bonds is 2. The van der Waals surface area contributed by atoms with Crippen LogP contribution in [-0.2, 0) is 24.3 Å². The Labute approximate surface area is 218 Å². The number of carbonyl (C=O) groups is 1. The predicted octanol–water partition coefficient (Wildman–Crippen LogP) is 6.14. The quantitative estimate of drug-likeness (QED) is 0.283. The molecule has 1 amide bonds. The fourth-order valence-electron chi connectivity index (χ4n) is 4.55. The highest BCUT2D eigenvalue weighted by Gasteiger charge is 2.21. The summed E-state index contributed by atoms with van der Waals surface area (Å²) in [4.78, 5) is 22.7. The maximum Gasteiger partial charge on any atom is 0.241 e. The van der Waals surface area contributed by atoms with Crippen molar-refractivity contribution in [2.24, 2.45) is 0 Å². The monoisotopic (exact) mass is 505 g/mol. The molecule has 0 saturated heterocycles. The van der Waals surface area contributed by atoms with Crippen molar-refractivity contribution in [2.45, 2.75) is 25.6 Å². The summed E-state index contributed by atoms with van der Waals surface area (Å²) in [6, 6.07) is 20.8. The summed E-state index contributed by atoms with van der Waals surface area (Å²) in [7, 11) is 0. The molecule has 2 aromatic heterocycles. The summed E-state index contributed by atoms with van der Waals surface area (Å²) in [5.41, 5.74) is 3.10. The SMILES string of the molecule is [C-]#[N+]c1ccc2cc1Oc1ccc3cccc(c3c1)NC(=O)C(Cc1cccs1)NCc1cncn1C2. The third-order valence-corrected chi connectivity index (χ3v) is 7.37. The van der Waals surface area contributed by atoms with Crippen LogP contribution in [-0.4, -0.2) is 21.5 Å². The molecule has 0 saturated carbocycles. The highest BCUT2D eigenvalue weighted by molar-refractivity contribution is 7.09. The van der Waals surface area contributed by atoms with Crippen LogP contribution in [0.4, 0.5) is 11.4 Å². The molecule has 8 heteroatoms. The Morgan fingerprint density at radius 2 is 2.08 bits per heavy atom. The van der Waals surface area contributed by atoms with Crippen LogP contribution in [0.3, 0.4) is 0 Å². The summed E-state index contributed by atoms with van der Waals surface area (Å²) in [6.07, 6.45) is 4.17. The van der Waals surface area contributed by atoms with Gasteiger partial charge < -0.3 is 14.6 Å². The van der Waals surface area contributed by atoms with E-state index in [1.54, 1.807) is 23.7 Å². The van der Waals surface area contributed by atoms with E-state index in [1.165, 1.54) is 0 Å². The van der Waals surface area contributed by atoms with Gasteiger partial charge in [0.15, 0.2) is 0 Å². The van der Waals surface area contributed by atoms with E-state index in [-0.39, 0.29) is 5.91 Å². The summed E-state index contributed by atoms with van der Waals surface area (Å²) >= 11 is 1.64. The highest BCUT2D eigenvalue weighted by atomic mass is 32.1. The fraction of sp³-hybridized carbons (Fsp3) is 0.138. The fourth-order valence-corrected chi connectivity index (χ4v) is 5.30. The van der Waals surface area contributed by atoms with E-state index in [0.29, 0.717) is 42.4 Å². The number of hydrogen-bond donors (Lipinski definition) is 2. The third-order valence-electron chi connectivity index (χ3n) is 6.47. The van der Waals surface area contributed by atoms with Gasteiger partial charge in [-0.05, 0) is 46.7 Å². The molecule has 0 spiro atoms. The molecule has 182 valence electrons. The molecule has 6 rings (SSSR count). The number of benzene rings is 3. The van der Waals surface area contributed by atoms with Crippen LogP contribution in [0.15, 0.2) is 84.6 Å². The van der Waals surface area contributed by atoms with Gasteiger partial charge in [0.1, 0.15) is 11.5 Å². The molecule has 1 atom stereocenters. The molecule has 0 aliphatic carbocycles. The summed E-state index contributed by atoms with van der Waals surface area (Å²) < 4.78 is 8.27. The Bertz CT molecular complexity index is 1630. The minimum absolute atomic E-state index is 0.106. The largest absolute Gasteiger partial charge is 0.468 e. The number of hydrogen-bond acceptors (Lipinski definition) is 5. The lowest BCUT2D eigenvalue weighted by Crippen LogP contribution is -2.42. The van der Waals surface area contributed by atoms with Gasteiger partial charge in [0.2, 0.25) is 11.6 Å². The lowest BCUT2D eigenvalue weighted by Gasteiger charge is -2.20. The van der Waals surface area contributed by atoms with E-state index in [1.807, 2.05) is 70.7 Å². The van der Waals surface area contributed by atoms with Gasteiger partial charge in [-0.25, -0.2) is 9.83 Å². The molecular formula is C29H23N5O2S. The number of carbonyl (C=O) groups excluding carboxylic acids is 1. The second-order valence-electron chi connectivity index (χ2n) is 8.92. The van der Waals surface area contributed by atoms with E-state index >= 15 is 0 Å². The standard InChI is InChI=1S/C29H23N5O2S/c1-30-26-10-7-19-12-28(26)36-22-9-8-20-4-2-6-25(24(20)13-22)33-29(35)27(14-23-5-3-11-37-23)32-16-21-15-31-18-34(21)17-19/h2-13,15,18,27,32H,14,16-17H2,(H,33,35). The Morgan fingerprint density at radius 3 is 2.95 bits per heavy atom. The van der Waals surface area contributed by atoms with E-state index in [0.717, 1.165) is 26.9 Å². The van der Waals surface area contributed by atoms with Crippen molar-refractivity contribution in [3.8, 4) is 11.5 Å². The van der Waals surface area contributed by atoms with Crippen LogP contribution in [0, 0.1) is 6.57 Å². The number of nitrogens with zero attached hydrogens (tertiary/aromatic N) is 3. The van der Waals surface area contributed by atoms with Gasteiger partial charge in [-0.2, -0.15) is 0 Å². The Morgan fingerprint density at radius 1 is 1.14 bits per heavy atom. The van der Waals surface area contributed by atoms with Gasteiger partial charge in [0.05, 0.1) is 24.6 Å². The van der Waals surface area contributed by atoms with Crippen molar-refractivity contribution in [1.29, 1.82) is 0 Å². The smallest absolute Gasteiger partial charge is 0.241 e. The van der Waals surface area contributed by atoms with Crippen molar-refractivity contribution in [2.75, 3.05) is 5.32 Å². The second kappa shape index (κ2) is 9.90. The summed E-state index contributed by atoms with van der Waals surface area (Å²) in [5, 5.41) is 10.5. The predicted molar refractivity (Wildman–Crippen MR) is 145 cm³/mol. The zero-order chi connectivity index (χ0) is 25.2. The van der Waals surface area contributed by atoms with E-state index < -0.39 is 6.04 Å². The molecule has 0 fully saturated rings. The molecule has 5 aromatic rings. The number of aromatic nitrogens is 2. The van der Waals surface area contributed by atoms with Gasteiger partial charge in [-0.15, -0.1) is 11.3 Å². The van der Waals surface area contributed by atoms with Crippen LogP contribution in [0.25, 0.3) is 15.6 Å². The van der Waals surface area contributed by atoms with Crippen LogP contribution >= 0.6 is 11.3 Å². The summed E-state index contributed by atoms with van der Waals surface area (Å²) in [5.74, 6) is 0.988. The van der Waals surface area contributed by atoms with Crippen molar-refractivity contribution >= 4 is 39.4 Å². The van der Waals surface area contributed by atoms with Crippen molar-refractivity contribution in [3.05, 3.63) is 112 Å². The highest BCUT2D eigenvalue weighted by Crippen LogP contribution is 2.36. The number of anilines is 1. The van der Waals surface area contributed by atoms with Gasteiger partial charge >= 0.3 is 0 Å². The minimum Gasteiger partial charge on any atom is -0.468 e. The van der Waals surface area contributed by atoms with Crippen LogP contribution in [0.5, 0.6) is 11.5 Å².